The number of Topliss-reactive ketones (excluding diaryl/α,β-unsaturated/α-hetero) is 2. The second-order valence-corrected chi connectivity index (χ2v) is 16.2. The number of carbonyl (C=O) groups is 4. The molecule has 0 unspecified atom stereocenters. The van der Waals surface area contributed by atoms with Gasteiger partial charge in [-0.2, -0.15) is 0 Å². The van der Waals surface area contributed by atoms with Crippen LogP contribution >= 0.6 is 11.8 Å². The van der Waals surface area contributed by atoms with Crippen molar-refractivity contribution in [1.29, 1.82) is 0 Å². The van der Waals surface area contributed by atoms with E-state index in [4.69, 9.17) is 4.74 Å². The molecule has 5 atom stereocenters. The molecule has 0 bridgehead atoms. The van der Waals surface area contributed by atoms with Gasteiger partial charge in [0, 0.05) is 12.3 Å². The van der Waals surface area contributed by atoms with Crippen LogP contribution in [0, 0.1) is 17.8 Å². The predicted molar refractivity (Wildman–Crippen MR) is 200 cm³/mol. The lowest BCUT2D eigenvalue weighted by Crippen LogP contribution is -2.50. The molecule has 270 valence electrons. The molecule has 0 spiro atoms. The molecular formula is C40H59N3O5S. The van der Waals surface area contributed by atoms with Crippen molar-refractivity contribution in [3.63, 3.8) is 0 Å². The first kappa shape index (κ1) is 40.4. The Morgan fingerprint density at radius 3 is 1.94 bits per heavy atom. The molecule has 1 aliphatic heterocycles. The van der Waals surface area contributed by atoms with Gasteiger partial charge in [-0.1, -0.05) is 88.4 Å². The molecule has 0 saturated carbocycles. The number of hydrogen-bond acceptors (Lipinski definition) is 7. The van der Waals surface area contributed by atoms with Gasteiger partial charge in [-0.15, -0.1) is 11.8 Å². The SMILES string of the molecule is CC(C)C[C@H](NC(=O)[C@H](CCc1ccccc1)SCCCN(C)C)C(=O)C[C@@H](Cc1ccccc1)C(=O)N[C@@H](CC(C)C)C(=O)[C@@]1(C)CO1. The summed E-state index contributed by atoms with van der Waals surface area (Å²) in [5, 5.41) is 5.84. The Morgan fingerprint density at radius 2 is 1.39 bits per heavy atom. The maximum atomic E-state index is 14.1. The van der Waals surface area contributed by atoms with E-state index in [1.54, 1.807) is 18.7 Å². The van der Waals surface area contributed by atoms with Crippen molar-refractivity contribution in [1.82, 2.24) is 15.5 Å². The zero-order chi connectivity index (χ0) is 36.0. The third-order valence-electron chi connectivity index (χ3n) is 8.89. The Kier molecular flexibility index (Phi) is 16.5. The zero-order valence-electron chi connectivity index (χ0n) is 30.7. The number of carbonyl (C=O) groups excluding carboxylic acids is 4. The minimum Gasteiger partial charge on any atom is -0.361 e. The first-order valence-electron chi connectivity index (χ1n) is 17.9. The Labute approximate surface area is 298 Å². The van der Waals surface area contributed by atoms with Gasteiger partial charge in [-0.25, -0.2) is 0 Å². The van der Waals surface area contributed by atoms with Crippen molar-refractivity contribution in [3.05, 3.63) is 71.8 Å². The highest BCUT2D eigenvalue weighted by atomic mass is 32.2. The Morgan fingerprint density at radius 1 is 0.837 bits per heavy atom. The van der Waals surface area contributed by atoms with E-state index in [-0.39, 0.29) is 46.9 Å². The first-order chi connectivity index (χ1) is 23.3. The van der Waals surface area contributed by atoms with E-state index >= 15 is 0 Å². The number of epoxide rings is 1. The van der Waals surface area contributed by atoms with E-state index in [9.17, 15) is 19.2 Å². The smallest absolute Gasteiger partial charge is 0.233 e. The van der Waals surface area contributed by atoms with Crippen molar-refractivity contribution in [2.75, 3.05) is 33.0 Å². The largest absolute Gasteiger partial charge is 0.361 e. The number of rotatable bonds is 23. The molecule has 0 aromatic heterocycles. The zero-order valence-corrected chi connectivity index (χ0v) is 31.5. The molecule has 8 nitrogen and oxygen atoms in total. The quantitative estimate of drug-likeness (QED) is 0.110. The van der Waals surface area contributed by atoms with Gasteiger partial charge >= 0.3 is 0 Å². The summed E-state index contributed by atoms with van der Waals surface area (Å²) >= 11 is 1.65. The van der Waals surface area contributed by atoms with Crippen LogP contribution in [0.1, 0.15) is 77.8 Å². The number of nitrogens with zero attached hydrogens (tertiary/aromatic N) is 1. The standard InChI is InChI=1S/C40H59N3O5S/c1-28(2)23-33(41-39(47)36(49-22-14-21-43(6)7)20-19-30-15-10-8-11-16-30)35(44)26-32(25-31-17-12-9-13-18-31)38(46)42-34(24-29(3)4)37(45)40(5)27-48-40/h8-13,15-18,28-29,32-34,36H,14,19-27H2,1-7H3,(H,41,47)(H,42,46)/t32-,33+,34+,36+,40-/m1/s1. The van der Waals surface area contributed by atoms with Crippen LogP contribution in [-0.2, 0) is 36.8 Å². The van der Waals surface area contributed by atoms with E-state index < -0.39 is 23.6 Å². The highest BCUT2D eigenvalue weighted by Crippen LogP contribution is 2.30. The van der Waals surface area contributed by atoms with Gasteiger partial charge in [0.15, 0.2) is 11.6 Å². The van der Waals surface area contributed by atoms with Gasteiger partial charge in [0.2, 0.25) is 11.8 Å². The summed E-state index contributed by atoms with van der Waals surface area (Å²) in [6, 6.07) is 18.4. The number of amides is 2. The molecule has 49 heavy (non-hydrogen) atoms. The Bertz CT molecular complexity index is 1330. The summed E-state index contributed by atoms with van der Waals surface area (Å²) in [6.07, 6.45) is 3.66. The summed E-state index contributed by atoms with van der Waals surface area (Å²) in [4.78, 5) is 57.5. The van der Waals surface area contributed by atoms with Crippen molar-refractivity contribution in [2.24, 2.45) is 17.8 Å². The van der Waals surface area contributed by atoms with Crippen LogP contribution in [-0.4, -0.2) is 84.2 Å². The molecule has 0 radical (unpaired) electrons. The van der Waals surface area contributed by atoms with Gasteiger partial charge in [0.1, 0.15) is 5.60 Å². The van der Waals surface area contributed by atoms with Gasteiger partial charge in [-0.05, 0) is 94.8 Å². The minimum atomic E-state index is -0.869. The summed E-state index contributed by atoms with van der Waals surface area (Å²) < 4.78 is 5.43. The molecule has 2 amide bonds. The lowest BCUT2D eigenvalue weighted by atomic mass is 9.87. The van der Waals surface area contributed by atoms with Crippen molar-refractivity contribution in [2.45, 2.75) is 102 Å². The summed E-state index contributed by atoms with van der Waals surface area (Å²) in [5.74, 6) is -0.290. The summed E-state index contributed by atoms with van der Waals surface area (Å²) in [5.41, 5.74) is 1.24. The Balaban J connectivity index is 1.79. The van der Waals surface area contributed by atoms with E-state index in [1.165, 1.54) is 5.56 Å². The van der Waals surface area contributed by atoms with E-state index in [1.807, 2.05) is 90.3 Å². The van der Waals surface area contributed by atoms with Crippen LogP contribution < -0.4 is 10.6 Å². The molecule has 0 aliphatic carbocycles. The summed E-state index contributed by atoms with van der Waals surface area (Å²) in [7, 11) is 4.09. The van der Waals surface area contributed by atoms with Crippen LogP contribution in [0.25, 0.3) is 0 Å². The number of hydrogen-bond donors (Lipinski definition) is 2. The van der Waals surface area contributed by atoms with Gasteiger partial charge in [0.05, 0.1) is 23.9 Å². The summed E-state index contributed by atoms with van der Waals surface area (Å²) in [6.45, 7) is 11.1. The van der Waals surface area contributed by atoms with Crippen molar-refractivity contribution >= 4 is 35.1 Å². The maximum absolute atomic E-state index is 14.1. The number of ketones is 2. The molecule has 2 aromatic carbocycles. The van der Waals surface area contributed by atoms with Crippen molar-refractivity contribution < 1.29 is 23.9 Å². The van der Waals surface area contributed by atoms with Crippen LogP contribution in [0.3, 0.4) is 0 Å². The lowest BCUT2D eigenvalue weighted by molar-refractivity contribution is -0.135. The normalized spacial score (nSPS) is 18.2. The van der Waals surface area contributed by atoms with Crippen LogP contribution in [0.2, 0.25) is 0 Å². The van der Waals surface area contributed by atoms with Crippen LogP contribution in [0.15, 0.2) is 60.7 Å². The van der Waals surface area contributed by atoms with Crippen LogP contribution in [0.5, 0.6) is 0 Å². The minimum absolute atomic E-state index is 0.0423. The van der Waals surface area contributed by atoms with Crippen molar-refractivity contribution in [3.8, 4) is 0 Å². The number of thioether (sulfide) groups is 1. The molecule has 9 heteroatoms. The molecule has 2 aromatic rings. The fourth-order valence-electron chi connectivity index (χ4n) is 6.00. The van der Waals surface area contributed by atoms with Gasteiger partial charge in [-0.3, -0.25) is 19.2 Å². The lowest BCUT2D eigenvalue weighted by Gasteiger charge is -2.27. The molecule has 1 fully saturated rings. The number of aryl methyl sites for hydroxylation is 1. The van der Waals surface area contributed by atoms with Crippen LogP contribution in [0.4, 0.5) is 0 Å². The monoisotopic (exact) mass is 693 g/mol. The average molecular weight is 694 g/mol. The number of ether oxygens (including phenoxy) is 1. The molecule has 1 saturated heterocycles. The molecule has 1 heterocycles. The predicted octanol–water partition coefficient (Wildman–Crippen LogP) is 5.91. The van der Waals surface area contributed by atoms with E-state index in [0.29, 0.717) is 32.3 Å². The average Bonchev–Trinajstić information content (AvgIpc) is 3.81. The maximum Gasteiger partial charge on any atom is 0.233 e. The second kappa shape index (κ2) is 20.0. The van der Waals surface area contributed by atoms with E-state index in [2.05, 4.69) is 27.7 Å². The molecule has 1 aliphatic rings. The first-order valence-corrected chi connectivity index (χ1v) is 19.0. The second-order valence-electron chi connectivity index (χ2n) is 14.9. The fraction of sp³-hybridized carbons (Fsp3) is 0.600. The molecular weight excluding hydrogens is 635 g/mol. The van der Waals surface area contributed by atoms with Gasteiger partial charge in [0.25, 0.3) is 0 Å². The highest BCUT2D eigenvalue weighted by Gasteiger charge is 2.50. The van der Waals surface area contributed by atoms with E-state index in [0.717, 1.165) is 30.7 Å². The molecule has 2 N–H and O–H groups in total. The van der Waals surface area contributed by atoms with Gasteiger partial charge < -0.3 is 20.3 Å². The topological polar surface area (TPSA) is 108 Å². The Hall–Kier alpha value is -3.01. The number of benzene rings is 2. The third-order valence-corrected chi connectivity index (χ3v) is 10.3. The fourth-order valence-corrected chi connectivity index (χ4v) is 7.08. The number of nitrogens with one attached hydrogen (secondary N) is 2. The third kappa shape index (κ3) is 14.4. The highest BCUT2D eigenvalue weighted by molar-refractivity contribution is 8.00. The molecule has 3 rings (SSSR count).